The minimum Gasteiger partial charge on any atom is -0.290 e. The predicted octanol–water partition coefficient (Wildman–Crippen LogP) is 2.35. The monoisotopic (exact) mass is 147 g/mol. The second-order valence-electron chi connectivity index (χ2n) is 3.21. The molecule has 0 aromatic heterocycles. The van der Waals surface area contributed by atoms with Gasteiger partial charge in [-0.05, 0) is 31.4 Å². The molecule has 58 valence electrons. The number of hydrogen-bond donors (Lipinski definition) is 0. The average Bonchev–Trinajstić information content (AvgIpc) is 2.28. The van der Waals surface area contributed by atoms with E-state index >= 15 is 0 Å². The Labute approximate surface area is 67.5 Å². The number of hydrogen-bond acceptors (Lipinski definition) is 1. The Morgan fingerprint density at radius 3 is 3.27 bits per heavy atom. The Balaban J connectivity index is 2.17. The summed E-state index contributed by atoms with van der Waals surface area (Å²) in [6, 6.07) is 0.471. The number of allylic oxidation sites excluding steroid dienone is 3. The van der Waals surface area contributed by atoms with Crippen LogP contribution in [0.4, 0.5) is 0 Å². The van der Waals surface area contributed by atoms with Crippen molar-refractivity contribution in [2.75, 3.05) is 0 Å². The topological polar surface area (TPSA) is 12.4 Å². The largest absolute Gasteiger partial charge is 0.290 e. The summed E-state index contributed by atoms with van der Waals surface area (Å²) in [5, 5.41) is 0. The lowest BCUT2D eigenvalue weighted by molar-refractivity contribution is 0.443. The lowest BCUT2D eigenvalue weighted by Gasteiger charge is -2.22. The van der Waals surface area contributed by atoms with Crippen molar-refractivity contribution < 1.29 is 0 Å². The van der Waals surface area contributed by atoms with E-state index in [9.17, 15) is 0 Å². The van der Waals surface area contributed by atoms with Gasteiger partial charge >= 0.3 is 0 Å². The SMILES string of the molecule is C1=CCC2CCC=NC2C=C1. The predicted molar refractivity (Wildman–Crippen MR) is 47.9 cm³/mol. The van der Waals surface area contributed by atoms with Gasteiger partial charge in [-0.3, -0.25) is 4.99 Å². The lowest BCUT2D eigenvalue weighted by atomic mass is 9.90. The fraction of sp³-hybridized carbons (Fsp3) is 0.500. The maximum atomic E-state index is 4.46. The molecule has 0 fully saturated rings. The van der Waals surface area contributed by atoms with Crippen molar-refractivity contribution >= 4 is 6.21 Å². The summed E-state index contributed by atoms with van der Waals surface area (Å²) < 4.78 is 0. The molecule has 0 saturated heterocycles. The third-order valence-corrected chi connectivity index (χ3v) is 2.42. The van der Waals surface area contributed by atoms with Crippen LogP contribution in [0.2, 0.25) is 0 Å². The van der Waals surface area contributed by atoms with E-state index < -0.39 is 0 Å². The molecular weight excluding hydrogens is 134 g/mol. The number of nitrogens with zero attached hydrogens (tertiary/aromatic N) is 1. The van der Waals surface area contributed by atoms with E-state index in [0.29, 0.717) is 6.04 Å². The van der Waals surface area contributed by atoms with Crippen LogP contribution in [-0.4, -0.2) is 12.3 Å². The van der Waals surface area contributed by atoms with Crippen LogP contribution in [0.3, 0.4) is 0 Å². The summed E-state index contributed by atoms with van der Waals surface area (Å²) >= 11 is 0. The zero-order valence-electron chi connectivity index (χ0n) is 6.61. The van der Waals surface area contributed by atoms with Crippen LogP contribution in [0.5, 0.6) is 0 Å². The van der Waals surface area contributed by atoms with Gasteiger partial charge in [0.25, 0.3) is 0 Å². The van der Waals surface area contributed by atoms with Gasteiger partial charge in [-0.15, -0.1) is 0 Å². The zero-order chi connectivity index (χ0) is 7.52. The molecule has 0 aromatic rings. The summed E-state index contributed by atoms with van der Waals surface area (Å²) in [5.41, 5.74) is 0. The molecule has 11 heavy (non-hydrogen) atoms. The first-order valence-corrected chi connectivity index (χ1v) is 4.32. The second-order valence-corrected chi connectivity index (χ2v) is 3.21. The highest BCUT2D eigenvalue weighted by Gasteiger charge is 2.19. The van der Waals surface area contributed by atoms with Gasteiger partial charge in [0.1, 0.15) is 0 Å². The van der Waals surface area contributed by atoms with Gasteiger partial charge in [0.2, 0.25) is 0 Å². The van der Waals surface area contributed by atoms with E-state index in [2.05, 4.69) is 35.5 Å². The number of rotatable bonds is 0. The van der Waals surface area contributed by atoms with Gasteiger partial charge in [0.05, 0.1) is 6.04 Å². The second kappa shape index (κ2) is 3.04. The van der Waals surface area contributed by atoms with Crippen LogP contribution in [0.15, 0.2) is 29.3 Å². The van der Waals surface area contributed by atoms with E-state index in [0.717, 1.165) is 5.92 Å². The Morgan fingerprint density at radius 1 is 1.27 bits per heavy atom. The molecule has 0 bridgehead atoms. The quantitative estimate of drug-likeness (QED) is 0.498. The Bertz CT molecular complexity index is 213. The first kappa shape index (κ1) is 6.84. The Morgan fingerprint density at radius 2 is 2.27 bits per heavy atom. The third kappa shape index (κ3) is 1.42. The summed E-state index contributed by atoms with van der Waals surface area (Å²) in [5.74, 6) is 0.773. The maximum Gasteiger partial charge on any atom is 0.0710 e. The van der Waals surface area contributed by atoms with E-state index in [1.165, 1.54) is 19.3 Å². The van der Waals surface area contributed by atoms with Crippen LogP contribution in [0.25, 0.3) is 0 Å². The van der Waals surface area contributed by atoms with Crippen molar-refractivity contribution in [3.8, 4) is 0 Å². The summed E-state index contributed by atoms with van der Waals surface area (Å²) in [7, 11) is 0. The molecule has 1 aliphatic carbocycles. The van der Waals surface area contributed by atoms with Crippen molar-refractivity contribution in [3.05, 3.63) is 24.3 Å². The minimum atomic E-state index is 0.471. The fourth-order valence-corrected chi connectivity index (χ4v) is 1.75. The van der Waals surface area contributed by atoms with Crippen LogP contribution >= 0.6 is 0 Å². The van der Waals surface area contributed by atoms with Crippen molar-refractivity contribution in [3.63, 3.8) is 0 Å². The molecule has 1 aliphatic heterocycles. The maximum absolute atomic E-state index is 4.46. The molecule has 0 spiro atoms. The van der Waals surface area contributed by atoms with Crippen LogP contribution in [-0.2, 0) is 0 Å². The van der Waals surface area contributed by atoms with E-state index in [4.69, 9.17) is 0 Å². The fourth-order valence-electron chi connectivity index (χ4n) is 1.75. The normalized spacial score (nSPS) is 34.9. The molecule has 2 atom stereocenters. The molecule has 1 heteroatoms. The number of aliphatic imine (C=N–C) groups is 1. The van der Waals surface area contributed by atoms with Gasteiger partial charge in [-0.1, -0.05) is 24.3 Å². The molecule has 1 heterocycles. The standard InChI is InChI=1S/C10H13N/c1-2-5-9-6-4-8-11-10(9)7-3-1/h1-3,7-10H,4-6H2. The third-order valence-electron chi connectivity index (χ3n) is 2.42. The summed E-state index contributed by atoms with van der Waals surface area (Å²) in [4.78, 5) is 4.46. The van der Waals surface area contributed by atoms with Crippen molar-refractivity contribution in [2.45, 2.75) is 25.3 Å². The first-order valence-electron chi connectivity index (χ1n) is 4.32. The van der Waals surface area contributed by atoms with Gasteiger partial charge in [-0.2, -0.15) is 0 Å². The minimum absolute atomic E-state index is 0.471. The van der Waals surface area contributed by atoms with Crippen molar-refractivity contribution in [2.24, 2.45) is 10.9 Å². The molecule has 2 aliphatic rings. The van der Waals surface area contributed by atoms with Gasteiger partial charge in [0.15, 0.2) is 0 Å². The van der Waals surface area contributed by atoms with Crippen LogP contribution in [0, 0.1) is 5.92 Å². The molecule has 0 radical (unpaired) electrons. The van der Waals surface area contributed by atoms with Gasteiger partial charge in [0, 0.05) is 0 Å². The van der Waals surface area contributed by atoms with Gasteiger partial charge < -0.3 is 0 Å². The average molecular weight is 147 g/mol. The summed E-state index contributed by atoms with van der Waals surface area (Å²) in [6.07, 6.45) is 14.5. The molecule has 2 rings (SSSR count). The highest BCUT2D eigenvalue weighted by atomic mass is 14.8. The molecule has 0 N–H and O–H groups in total. The molecule has 0 amide bonds. The Kier molecular flexibility index (Phi) is 1.89. The molecule has 1 nitrogen and oxygen atoms in total. The van der Waals surface area contributed by atoms with Crippen LogP contribution < -0.4 is 0 Å². The smallest absolute Gasteiger partial charge is 0.0710 e. The zero-order valence-corrected chi connectivity index (χ0v) is 6.61. The number of fused-ring (bicyclic) bond motifs is 1. The molecule has 0 aromatic carbocycles. The van der Waals surface area contributed by atoms with E-state index in [-0.39, 0.29) is 0 Å². The highest BCUT2D eigenvalue weighted by molar-refractivity contribution is 5.59. The lowest BCUT2D eigenvalue weighted by Crippen LogP contribution is -2.19. The molecular formula is C10H13N. The molecule has 0 saturated carbocycles. The van der Waals surface area contributed by atoms with E-state index in [1.807, 2.05) is 0 Å². The first-order chi connectivity index (χ1) is 5.47. The molecule has 2 unspecified atom stereocenters. The van der Waals surface area contributed by atoms with E-state index in [1.54, 1.807) is 0 Å². The van der Waals surface area contributed by atoms with Gasteiger partial charge in [-0.25, -0.2) is 0 Å². The van der Waals surface area contributed by atoms with Crippen molar-refractivity contribution in [1.82, 2.24) is 0 Å². The van der Waals surface area contributed by atoms with Crippen LogP contribution in [0.1, 0.15) is 19.3 Å². The summed E-state index contributed by atoms with van der Waals surface area (Å²) in [6.45, 7) is 0. The van der Waals surface area contributed by atoms with Crippen molar-refractivity contribution in [1.29, 1.82) is 0 Å². The highest BCUT2D eigenvalue weighted by Crippen LogP contribution is 2.24. The Hall–Kier alpha value is -0.850.